The van der Waals surface area contributed by atoms with E-state index in [4.69, 9.17) is 10.5 Å². The first-order valence-corrected chi connectivity index (χ1v) is 9.59. The molecule has 2 aromatic rings. The largest absolute Gasteiger partial charge is 0.493 e. The molecule has 2 aromatic carbocycles. The minimum atomic E-state index is -0.605. The average molecular weight is 418 g/mol. The lowest BCUT2D eigenvalue weighted by atomic mass is 10.0. The maximum absolute atomic E-state index is 11.9. The van der Waals surface area contributed by atoms with Crippen molar-refractivity contribution in [3.8, 4) is 16.9 Å². The molecule has 7 heteroatoms. The number of rotatable bonds is 7. The van der Waals surface area contributed by atoms with E-state index >= 15 is 0 Å². The molecule has 0 saturated heterocycles. The third-order valence-corrected chi connectivity index (χ3v) is 4.91. The van der Waals surface area contributed by atoms with Crippen molar-refractivity contribution in [1.82, 2.24) is 10.6 Å². The van der Waals surface area contributed by atoms with Gasteiger partial charge in [0.2, 0.25) is 11.8 Å². The van der Waals surface area contributed by atoms with Crippen LogP contribution in [0, 0.1) is 5.92 Å². The number of hydrogen-bond acceptors (Lipinski definition) is 4. The maximum Gasteiger partial charge on any atom is 0.239 e. The molecule has 0 bridgehead atoms. The number of benzene rings is 2. The molecule has 2 amide bonds. The molecule has 0 aliphatic carbocycles. The Morgan fingerprint density at radius 3 is 2.45 bits per heavy atom. The molecule has 156 valence electrons. The number of ether oxygens (including phenoxy) is 1. The molecule has 29 heavy (non-hydrogen) atoms. The third kappa shape index (κ3) is 5.95. The van der Waals surface area contributed by atoms with Crippen molar-refractivity contribution in [2.75, 3.05) is 13.2 Å². The van der Waals surface area contributed by atoms with E-state index in [9.17, 15) is 9.59 Å². The number of nitrogens with one attached hydrogen (secondary N) is 2. The molecule has 1 aliphatic heterocycles. The first kappa shape index (κ1) is 22.7. The standard InChI is InChI=1S/C22H27N3O3.ClH/c1-14(2)21(23)22(27)25-13-20(26)24-12-15-3-5-16(6-4-15)17-7-8-19-18(11-17)9-10-28-19;/h3-8,11,14,21H,9-10,12-13,23H2,1-2H3,(H,24,26)(H,25,27);1H/t21-;/m0./s1. The van der Waals surface area contributed by atoms with Crippen LogP contribution in [-0.4, -0.2) is 31.0 Å². The zero-order valence-electron chi connectivity index (χ0n) is 16.7. The van der Waals surface area contributed by atoms with Gasteiger partial charge in [-0.1, -0.05) is 44.2 Å². The van der Waals surface area contributed by atoms with E-state index in [2.05, 4.69) is 22.8 Å². The predicted molar refractivity (Wildman–Crippen MR) is 116 cm³/mol. The fourth-order valence-electron chi connectivity index (χ4n) is 3.03. The molecule has 4 N–H and O–H groups in total. The summed E-state index contributed by atoms with van der Waals surface area (Å²) in [6.45, 7) is 4.81. The molecular weight excluding hydrogens is 390 g/mol. The van der Waals surface area contributed by atoms with Crippen LogP contribution in [0.25, 0.3) is 11.1 Å². The zero-order valence-corrected chi connectivity index (χ0v) is 17.6. The first-order chi connectivity index (χ1) is 13.4. The molecule has 0 fully saturated rings. The number of carbonyl (C=O) groups excluding carboxylic acids is 2. The summed E-state index contributed by atoms with van der Waals surface area (Å²) in [5.74, 6) is 0.450. The van der Waals surface area contributed by atoms with E-state index in [1.807, 2.05) is 44.2 Å². The lowest BCUT2D eigenvalue weighted by Crippen LogP contribution is -2.47. The summed E-state index contributed by atoms with van der Waals surface area (Å²) in [6, 6.07) is 13.7. The van der Waals surface area contributed by atoms with Crippen LogP contribution in [0.2, 0.25) is 0 Å². The van der Waals surface area contributed by atoms with Crippen LogP contribution < -0.4 is 21.1 Å². The molecule has 3 rings (SSSR count). The normalized spacial score (nSPS) is 13.1. The van der Waals surface area contributed by atoms with Crippen molar-refractivity contribution in [2.24, 2.45) is 11.7 Å². The van der Waals surface area contributed by atoms with Crippen molar-refractivity contribution in [3.05, 3.63) is 53.6 Å². The molecule has 1 atom stereocenters. The summed E-state index contributed by atoms with van der Waals surface area (Å²) in [4.78, 5) is 23.7. The van der Waals surface area contributed by atoms with Crippen LogP contribution in [-0.2, 0) is 22.6 Å². The van der Waals surface area contributed by atoms with E-state index in [-0.39, 0.29) is 36.7 Å². The van der Waals surface area contributed by atoms with Crippen LogP contribution in [0.1, 0.15) is 25.0 Å². The number of nitrogens with two attached hydrogens (primary N) is 1. The zero-order chi connectivity index (χ0) is 20.1. The van der Waals surface area contributed by atoms with Crippen LogP contribution >= 0.6 is 12.4 Å². The SMILES string of the molecule is CC(C)[C@H](N)C(=O)NCC(=O)NCc1ccc(-c2ccc3c(c2)CCO3)cc1.Cl. The van der Waals surface area contributed by atoms with Gasteiger partial charge in [0.05, 0.1) is 19.2 Å². The van der Waals surface area contributed by atoms with Gasteiger partial charge in [0.15, 0.2) is 0 Å². The van der Waals surface area contributed by atoms with E-state index in [1.165, 1.54) is 5.56 Å². The minimum Gasteiger partial charge on any atom is -0.493 e. The number of amides is 2. The number of hydrogen-bond donors (Lipinski definition) is 3. The fraction of sp³-hybridized carbons (Fsp3) is 0.364. The van der Waals surface area contributed by atoms with Gasteiger partial charge in [0, 0.05) is 13.0 Å². The lowest BCUT2D eigenvalue weighted by molar-refractivity contribution is -0.127. The molecule has 6 nitrogen and oxygen atoms in total. The van der Waals surface area contributed by atoms with Gasteiger partial charge in [0.1, 0.15) is 5.75 Å². The molecule has 0 aromatic heterocycles. The van der Waals surface area contributed by atoms with E-state index in [0.29, 0.717) is 6.54 Å². The smallest absolute Gasteiger partial charge is 0.239 e. The molecule has 1 heterocycles. The summed E-state index contributed by atoms with van der Waals surface area (Å²) in [5, 5.41) is 5.37. The molecule has 0 unspecified atom stereocenters. The monoisotopic (exact) mass is 417 g/mol. The Morgan fingerprint density at radius 2 is 1.76 bits per heavy atom. The Kier molecular flexibility index (Phi) is 8.05. The van der Waals surface area contributed by atoms with Crippen LogP contribution in [0.3, 0.4) is 0 Å². The molecule has 0 radical (unpaired) electrons. The minimum absolute atomic E-state index is 0. The number of halogens is 1. The van der Waals surface area contributed by atoms with Gasteiger partial charge in [0.25, 0.3) is 0 Å². The van der Waals surface area contributed by atoms with Crippen molar-refractivity contribution < 1.29 is 14.3 Å². The second-order valence-electron chi connectivity index (χ2n) is 7.38. The average Bonchev–Trinajstić information content (AvgIpc) is 3.18. The van der Waals surface area contributed by atoms with Gasteiger partial charge in [-0.25, -0.2) is 0 Å². The van der Waals surface area contributed by atoms with Crippen molar-refractivity contribution >= 4 is 24.2 Å². The lowest BCUT2D eigenvalue weighted by Gasteiger charge is -2.15. The fourth-order valence-corrected chi connectivity index (χ4v) is 3.03. The number of carbonyl (C=O) groups is 2. The van der Waals surface area contributed by atoms with Gasteiger partial charge < -0.3 is 21.1 Å². The Balaban J connectivity index is 0.00000300. The van der Waals surface area contributed by atoms with Crippen molar-refractivity contribution in [1.29, 1.82) is 0 Å². The van der Waals surface area contributed by atoms with E-state index < -0.39 is 6.04 Å². The van der Waals surface area contributed by atoms with Gasteiger partial charge >= 0.3 is 0 Å². The molecule has 0 saturated carbocycles. The first-order valence-electron chi connectivity index (χ1n) is 9.59. The van der Waals surface area contributed by atoms with Gasteiger partial charge in [-0.05, 0) is 40.3 Å². The summed E-state index contributed by atoms with van der Waals surface area (Å²) in [5.41, 5.74) is 10.3. The molecule has 1 aliphatic rings. The molecular formula is C22H28ClN3O3. The summed E-state index contributed by atoms with van der Waals surface area (Å²) >= 11 is 0. The van der Waals surface area contributed by atoms with Crippen molar-refractivity contribution in [2.45, 2.75) is 32.9 Å². The predicted octanol–water partition coefficient (Wildman–Crippen LogP) is 2.43. The Bertz CT molecular complexity index is 853. The highest BCUT2D eigenvalue weighted by Gasteiger charge is 2.17. The quantitative estimate of drug-likeness (QED) is 0.645. The van der Waals surface area contributed by atoms with E-state index in [0.717, 1.165) is 35.5 Å². The number of fused-ring (bicyclic) bond motifs is 1. The second kappa shape index (κ2) is 10.3. The third-order valence-electron chi connectivity index (χ3n) is 4.91. The maximum atomic E-state index is 11.9. The van der Waals surface area contributed by atoms with Crippen LogP contribution in [0.5, 0.6) is 5.75 Å². The molecule has 0 spiro atoms. The Morgan fingerprint density at radius 1 is 1.07 bits per heavy atom. The topological polar surface area (TPSA) is 93.5 Å². The van der Waals surface area contributed by atoms with E-state index in [1.54, 1.807) is 0 Å². The Hall–Kier alpha value is -2.57. The van der Waals surface area contributed by atoms with Crippen LogP contribution in [0.4, 0.5) is 0 Å². The van der Waals surface area contributed by atoms with Gasteiger partial charge in [-0.3, -0.25) is 9.59 Å². The van der Waals surface area contributed by atoms with Gasteiger partial charge in [-0.15, -0.1) is 12.4 Å². The van der Waals surface area contributed by atoms with Crippen LogP contribution in [0.15, 0.2) is 42.5 Å². The van der Waals surface area contributed by atoms with Gasteiger partial charge in [-0.2, -0.15) is 0 Å². The second-order valence-corrected chi connectivity index (χ2v) is 7.38. The summed E-state index contributed by atoms with van der Waals surface area (Å²) in [6.07, 6.45) is 0.950. The van der Waals surface area contributed by atoms with Crippen molar-refractivity contribution in [3.63, 3.8) is 0 Å². The summed E-state index contributed by atoms with van der Waals surface area (Å²) < 4.78 is 5.55. The summed E-state index contributed by atoms with van der Waals surface area (Å²) in [7, 11) is 0. The highest BCUT2D eigenvalue weighted by atomic mass is 35.5. The Labute approximate surface area is 177 Å². The highest BCUT2D eigenvalue weighted by Crippen LogP contribution is 2.30. The highest BCUT2D eigenvalue weighted by molar-refractivity contribution is 5.87.